The van der Waals surface area contributed by atoms with E-state index in [1.165, 1.54) is 17.0 Å². The van der Waals surface area contributed by atoms with Crippen LogP contribution < -0.4 is 5.73 Å². The fraction of sp³-hybridized carbons (Fsp3) is 0.348. The number of carbonyl (C=O) groups excluding carboxylic acids is 2. The number of primary amides is 1. The number of ether oxygens (including phenoxy) is 1. The molecule has 10 aromatic heterocycles. The number of hydrogen-bond acceptors (Lipinski definition) is 18. The van der Waals surface area contributed by atoms with Crippen molar-refractivity contribution in [3.8, 4) is 58.5 Å². The maximum Gasteiger partial charge on any atom is 0.375 e. The average molecular weight is 1570 g/mol. The van der Waals surface area contributed by atoms with Crippen LogP contribution in [0, 0.1) is 112 Å². The van der Waals surface area contributed by atoms with E-state index in [2.05, 4.69) is 193 Å². The molecule has 95 heavy (non-hydrogen) atoms. The zero-order chi connectivity index (χ0) is 66.6. The maximum absolute atomic E-state index is 12.3. The Labute approximate surface area is 595 Å². The van der Waals surface area contributed by atoms with Crippen molar-refractivity contribution in [3.63, 3.8) is 0 Å². The Hall–Kier alpha value is -8.75. The second-order valence-corrected chi connectivity index (χ2v) is 33.5. The molecule has 0 radical (unpaired) electrons. The number of H-pyrrole nitrogens is 1. The molecule has 0 atom stereocenters. The van der Waals surface area contributed by atoms with Crippen molar-refractivity contribution in [1.29, 1.82) is 0 Å². The summed E-state index contributed by atoms with van der Waals surface area (Å²) >= 11 is 9.81. The number of halogens is 3. The van der Waals surface area contributed by atoms with Crippen LogP contribution in [0.3, 0.4) is 0 Å². The minimum atomic E-state index is -1.55. The van der Waals surface area contributed by atoms with Crippen molar-refractivity contribution < 1.29 is 14.3 Å². The third kappa shape index (κ3) is 26.2. The molecule has 0 aromatic carbocycles. The summed E-state index contributed by atoms with van der Waals surface area (Å²) in [6, 6.07) is 0. The van der Waals surface area contributed by atoms with E-state index in [-0.39, 0.29) is 55.4 Å². The average Bonchev–Trinajstić information content (AvgIpc) is 1.67. The van der Waals surface area contributed by atoms with Gasteiger partial charge in [-0.2, -0.15) is 0 Å². The van der Waals surface area contributed by atoms with E-state index in [4.69, 9.17) is 28.5 Å². The van der Waals surface area contributed by atoms with Crippen molar-refractivity contribution in [2.75, 3.05) is 6.61 Å². The highest BCUT2D eigenvalue weighted by molar-refractivity contribution is 14.1. The summed E-state index contributed by atoms with van der Waals surface area (Å²) in [5.41, 5.74) is 22.5. The van der Waals surface area contributed by atoms with Gasteiger partial charge in [0.15, 0.2) is 23.3 Å². The van der Waals surface area contributed by atoms with Gasteiger partial charge in [0.05, 0.1) is 120 Å². The Morgan fingerprint density at radius 2 is 0.916 bits per heavy atom. The molecule has 1 amide bonds. The third-order valence-corrected chi connectivity index (χ3v) is 15.7. The van der Waals surface area contributed by atoms with E-state index >= 15 is 0 Å². The second-order valence-electron chi connectivity index (χ2n) is 21.5. The molecule has 0 saturated heterocycles. The number of nitrogens with zero attached hydrogens (tertiary/aromatic N) is 19. The van der Waals surface area contributed by atoms with Crippen LogP contribution in [0.15, 0.2) is 81.0 Å². The monoisotopic (exact) mass is 1570 g/mol. The first-order valence-electron chi connectivity index (χ1n) is 27.6. The van der Waals surface area contributed by atoms with Crippen LogP contribution in [0.25, 0.3) is 23.3 Å². The van der Waals surface area contributed by atoms with Crippen LogP contribution in [-0.4, -0.2) is 133 Å². The predicted octanol–water partition coefficient (Wildman–Crippen LogP) is 13.4. The molecule has 3 N–H and O–H groups in total. The standard InChI is InChI=1S/C17H22N4O2Si.C14H18N4Si.C12H11N5O.C9H9IN4.C5H5ClN2.C4H5IN2.5CH4/c1-7-23-17(22)16-20-14(8-9-24(4,5)6)13(3)21(16)15-11-18-12(2)10-19-15;1-11-8-16-14(9-15-11)18-10-17-13(12(18)2)6-7-19(3,4)5;1-4-9-8(3)17(12(16-9)11(13)18)10-6-14-7(2)5-15-10;1-6-3-12-8(4-11-6)14-5-13-9(10)7(14)2;1-4-2-8-5(6)3-7-4;1-3-4(5)7-2-6-3;;;;;/h10-11H,7H2,1-6H3;8-10H,1-5H3;1,5-6H,2-3H3,(H2,13,18);3-5H,1-2H3;2-3H,1H3;2H,1H3,(H,6,7);5*1H4. The van der Waals surface area contributed by atoms with Crippen molar-refractivity contribution in [2.45, 2.75) is 153 Å². The number of nitrogens with two attached hydrogens (primary N) is 1. The SMILES string of the molecule is C.C.C.C.C.C#Cc1nc(C(N)=O)n(-c2cnc(C)cn2)c1C.CCOC(=O)c1nc(C#C[Si](C)(C)C)c(C)n1-c1cnc(C)cn1.Cc1[nH]cnc1I.Cc1cnc(-n2cnc(C#C[Si](C)(C)C)c2C)cn1.Cc1cnc(-n2cnc(I)c2C)cn1.Cc1cnc(Cl)cn1. The van der Waals surface area contributed by atoms with Gasteiger partial charge in [0.2, 0.25) is 11.6 Å². The molecule has 506 valence electrons. The van der Waals surface area contributed by atoms with E-state index in [1.807, 2.05) is 71.4 Å². The van der Waals surface area contributed by atoms with Crippen LogP contribution in [0.4, 0.5) is 0 Å². The van der Waals surface area contributed by atoms with Gasteiger partial charge in [-0.05, 0) is 127 Å². The van der Waals surface area contributed by atoms with E-state index < -0.39 is 28.0 Å². The van der Waals surface area contributed by atoms with Crippen molar-refractivity contribution in [1.82, 2.24) is 98.0 Å². The highest BCUT2D eigenvalue weighted by Gasteiger charge is 2.23. The number of amides is 1. The third-order valence-electron chi connectivity index (χ3n) is 11.6. The number of imidazole rings is 5. The molecule has 0 aliphatic heterocycles. The lowest BCUT2D eigenvalue weighted by molar-refractivity contribution is 0.0509. The number of nitrogens with one attached hydrogen (secondary N) is 1. The number of esters is 1. The first kappa shape index (κ1) is 86.3. The largest absolute Gasteiger partial charge is 0.460 e. The van der Waals surface area contributed by atoms with E-state index in [1.54, 1.807) is 87.0 Å². The van der Waals surface area contributed by atoms with E-state index in [0.29, 0.717) is 33.9 Å². The molecule has 0 aliphatic carbocycles. The van der Waals surface area contributed by atoms with E-state index in [0.717, 1.165) is 76.0 Å². The second kappa shape index (κ2) is 39.8. The van der Waals surface area contributed by atoms with Gasteiger partial charge >= 0.3 is 5.97 Å². The summed E-state index contributed by atoms with van der Waals surface area (Å²) in [5, 5.41) is 0.440. The molecule has 10 aromatic rings. The number of rotatable bonds is 7. The molecular weight excluding hydrogens is 1480 g/mol. The smallest absolute Gasteiger partial charge is 0.375 e. The molecule has 10 rings (SSSR count). The molecule has 29 heteroatoms. The van der Waals surface area contributed by atoms with Crippen LogP contribution in [0.2, 0.25) is 44.4 Å². The number of aromatic nitrogens is 20. The molecule has 0 aliphatic rings. The summed E-state index contributed by atoms with van der Waals surface area (Å²) in [6.07, 6.45) is 27.1. The molecule has 0 fully saturated rings. The fourth-order valence-electron chi connectivity index (χ4n) is 6.93. The number of carbonyl (C=O) groups is 2. The molecule has 10 heterocycles. The summed E-state index contributed by atoms with van der Waals surface area (Å²) in [6.45, 7) is 34.2. The number of aromatic amines is 1. The summed E-state index contributed by atoms with van der Waals surface area (Å²) in [5.74, 6) is 10.3. The summed E-state index contributed by atoms with van der Waals surface area (Å²) in [7, 11) is -2.93. The van der Waals surface area contributed by atoms with Gasteiger partial charge in [-0.1, -0.05) is 99.9 Å². The van der Waals surface area contributed by atoms with Gasteiger partial charge in [0.1, 0.15) is 58.4 Å². The molecule has 0 unspecified atom stereocenters. The highest BCUT2D eigenvalue weighted by atomic mass is 127. The van der Waals surface area contributed by atoms with Gasteiger partial charge in [-0.25, -0.2) is 54.6 Å². The Morgan fingerprint density at radius 3 is 1.25 bits per heavy atom. The lowest BCUT2D eigenvalue weighted by Gasteiger charge is -2.08. The molecule has 0 saturated carbocycles. The van der Waals surface area contributed by atoms with Gasteiger partial charge < -0.3 is 15.5 Å². The predicted molar refractivity (Wildman–Crippen MR) is 402 cm³/mol. The lowest BCUT2D eigenvalue weighted by Crippen LogP contribution is -2.18. The van der Waals surface area contributed by atoms with Gasteiger partial charge in [-0.3, -0.25) is 48.0 Å². The number of terminal acetylenes is 1. The molecule has 0 spiro atoms. The number of aryl methyl sites for hydroxylation is 6. The van der Waals surface area contributed by atoms with Gasteiger partial charge in [-0.15, -0.1) is 17.5 Å². The van der Waals surface area contributed by atoms with Crippen molar-refractivity contribution >= 4 is 84.8 Å². The minimum Gasteiger partial charge on any atom is -0.460 e. The molecule has 0 bridgehead atoms. The first-order chi connectivity index (χ1) is 42.4. The quantitative estimate of drug-likeness (QED) is 0.0648. The van der Waals surface area contributed by atoms with Crippen LogP contribution in [-0.2, 0) is 4.74 Å². The Balaban J connectivity index is 0.00000115. The summed E-state index contributed by atoms with van der Waals surface area (Å²) in [4.78, 5) is 89.1. The van der Waals surface area contributed by atoms with Crippen LogP contribution >= 0.6 is 56.8 Å². The van der Waals surface area contributed by atoms with Gasteiger partial charge in [0, 0.05) is 11.9 Å². The molecule has 24 nitrogen and oxygen atoms in total. The zero-order valence-electron chi connectivity index (χ0n) is 53.2. The number of hydrogen-bond donors (Lipinski definition) is 2. The first-order valence-corrected chi connectivity index (χ1v) is 37.1. The topological polar surface area (TPSA) is 298 Å². The Morgan fingerprint density at radius 1 is 0.516 bits per heavy atom. The van der Waals surface area contributed by atoms with Crippen molar-refractivity contribution in [3.05, 3.63) is 179 Å². The Kier molecular flexibility index (Phi) is 36.2. The minimum absolute atomic E-state index is 0. The van der Waals surface area contributed by atoms with Crippen LogP contribution in [0.1, 0.15) is 139 Å². The van der Waals surface area contributed by atoms with Crippen molar-refractivity contribution in [2.24, 2.45) is 5.73 Å². The lowest BCUT2D eigenvalue weighted by atomic mass is 10.3. The van der Waals surface area contributed by atoms with Gasteiger partial charge in [0.25, 0.3) is 5.91 Å². The zero-order valence-corrected chi connectivity index (χ0v) is 60.3. The maximum atomic E-state index is 12.3. The van der Waals surface area contributed by atoms with Crippen LogP contribution in [0.5, 0.6) is 0 Å². The highest BCUT2D eigenvalue weighted by Crippen LogP contribution is 2.19. The molecular formula is C66H90ClI2N21O3Si2. The Bertz CT molecular complexity index is 4180. The summed E-state index contributed by atoms with van der Waals surface area (Å²) < 4.78 is 14.2. The normalized spacial score (nSPS) is 9.88. The van der Waals surface area contributed by atoms with E-state index in [9.17, 15) is 9.59 Å². The fourth-order valence-corrected chi connectivity index (χ4v) is 8.70.